The van der Waals surface area contributed by atoms with Gasteiger partial charge in [0, 0.05) is 17.1 Å². The zero-order valence-electron chi connectivity index (χ0n) is 19.1. The van der Waals surface area contributed by atoms with Crippen molar-refractivity contribution in [3.05, 3.63) is 114 Å². The van der Waals surface area contributed by atoms with Gasteiger partial charge in [-0.05, 0) is 80.8 Å². The van der Waals surface area contributed by atoms with E-state index >= 15 is 0 Å². The first kappa shape index (κ1) is 21.4. The van der Waals surface area contributed by atoms with Crippen LogP contribution in [0.3, 0.4) is 0 Å². The Morgan fingerprint density at radius 2 is 0.906 bits per heavy atom. The lowest BCUT2D eigenvalue weighted by Crippen LogP contribution is -2.13. The largest absolute Gasteiger partial charge is 0.311 e. The monoisotopic (exact) mass is 416 g/mol. The number of hydrogen-bond donors (Lipinski definition) is 0. The molecule has 0 aliphatic heterocycles. The normalized spacial score (nSPS) is 11.1. The molecule has 4 aromatic rings. The maximum absolute atomic E-state index is 9.38. The van der Waals surface area contributed by atoms with E-state index in [9.17, 15) is 5.26 Å². The minimum atomic E-state index is -0.481. The molecule has 0 bridgehead atoms. The van der Waals surface area contributed by atoms with Crippen LogP contribution < -0.4 is 4.90 Å². The quantitative estimate of drug-likeness (QED) is 0.327. The third kappa shape index (κ3) is 4.43. The molecule has 4 aromatic carbocycles. The summed E-state index contributed by atoms with van der Waals surface area (Å²) in [6.07, 6.45) is 0. The number of aryl methyl sites for hydroxylation is 2. The molecule has 0 spiro atoms. The topological polar surface area (TPSA) is 27.0 Å². The Balaban J connectivity index is 1.69. The van der Waals surface area contributed by atoms with Crippen LogP contribution >= 0.6 is 0 Å². The maximum Gasteiger partial charge on any atom is 0.0766 e. The third-order valence-electron chi connectivity index (χ3n) is 5.93. The summed E-state index contributed by atoms with van der Waals surface area (Å²) < 4.78 is 0. The summed E-state index contributed by atoms with van der Waals surface area (Å²) in [7, 11) is 0. The van der Waals surface area contributed by atoms with E-state index in [1.54, 1.807) is 0 Å². The van der Waals surface area contributed by atoms with Gasteiger partial charge in [0.25, 0.3) is 0 Å². The highest BCUT2D eigenvalue weighted by atomic mass is 15.1. The van der Waals surface area contributed by atoms with E-state index in [1.165, 1.54) is 11.1 Å². The van der Waals surface area contributed by atoms with Crippen LogP contribution in [0.4, 0.5) is 17.1 Å². The van der Waals surface area contributed by atoms with E-state index in [0.29, 0.717) is 0 Å². The van der Waals surface area contributed by atoms with Crippen molar-refractivity contribution in [3.8, 4) is 17.2 Å². The molecule has 158 valence electrons. The Kier molecular flexibility index (Phi) is 5.84. The van der Waals surface area contributed by atoms with Gasteiger partial charge in [0.1, 0.15) is 0 Å². The van der Waals surface area contributed by atoms with Gasteiger partial charge >= 0.3 is 0 Å². The molecule has 0 atom stereocenters. The zero-order chi connectivity index (χ0) is 22.7. The molecule has 2 nitrogen and oxygen atoms in total. The molecule has 0 aliphatic rings. The Morgan fingerprint density at radius 1 is 0.562 bits per heavy atom. The van der Waals surface area contributed by atoms with Gasteiger partial charge in [0.15, 0.2) is 0 Å². The molecular formula is C30H28N2. The molecule has 0 fully saturated rings. The molecule has 0 saturated heterocycles. The van der Waals surface area contributed by atoms with Crippen LogP contribution in [0, 0.1) is 25.2 Å². The molecule has 4 rings (SSSR count). The zero-order valence-corrected chi connectivity index (χ0v) is 19.1. The summed E-state index contributed by atoms with van der Waals surface area (Å²) >= 11 is 0. The van der Waals surface area contributed by atoms with Gasteiger partial charge in [-0.25, -0.2) is 0 Å². The number of nitriles is 1. The fourth-order valence-electron chi connectivity index (χ4n) is 3.78. The van der Waals surface area contributed by atoms with Crippen LogP contribution in [0.1, 0.15) is 30.5 Å². The molecule has 0 aromatic heterocycles. The summed E-state index contributed by atoms with van der Waals surface area (Å²) in [5.74, 6) is 0. The van der Waals surface area contributed by atoms with Gasteiger partial charge in [-0.1, -0.05) is 71.8 Å². The van der Waals surface area contributed by atoms with E-state index in [2.05, 4.69) is 122 Å². The first-order chi connectivity index (χ1) is 15.4. The van der Waals surface area contributed by atoms with Crippen LogP contribution in [0.2, 0.25) is 0 Å². The second-order valence-corrected chi connectivity index (χ2v) is 8.87. The number of hydrogen-bond acceptors (Lipinski definition) is 2. The molecule has 0 radical (unpaired) electrons. The van der Waals surface area contributed by atoms with Crippen LogP contribution in [-0.2, 0) is 5.41 Å². The Morgan fingerprint density at radius 3 is 1.28 bits per heavy atom. The lowest BCUT2D eigenvalue weighted by molar-refractivity contribution is 0.687. The fraction of sp³-hybridized carbons (Fsp3) is 0.167. The number of anilines is 3. The van der Waals surface area contributed by atoms with Crippen LogP contribution in [-0.4, -0.2) is 0 Å². The molecule has 0 amide bonds. The van der Waals surface area contributed by atoms with Crippen LogP contribution in [0.15, 0.2) is 97.1 Å². The number of rotatable bonds is 5. The first-order valence-corrected chi connectivity index (χ1v) is 10.9. The van der Waals surface area contributed by atoms with E-state index in [0.717, 1.165) is 33.8 Å². The fourth-order valence-corrected chi connectivity index (χ4v) is 3.78. The lowest BCUT2D eigenvalue weighted by Gasteiger charge is -2.26. The smallest absolute Gasteiger partial charge is 0.0766 e. The predicted octanol–water partition coefficient (Wildman–Crippen LogP) is 8.24. The van der Waals surface area contributed by atoms with Gasteiger partial charge in [0.05, 0.1) is 11.5 Å². The summed E-state index contributed by atoms with van der Waals surface area (Å²) in [6, 6.07) is 36.6. The molecular weight excluding hydrogens is 388 g/mol. The van der Waals surface area contributed by atoms with E-state index in [-0.39, 0.29) is 0 Å². The second kappa shape index (κ2) is 8.73. The van der Waals surface area contributed by atoms with Crippen molar-refractivity contribution in [1.29, 1.82) is 5.26 Å². The number of nitrogens with zero attached hydrogens (tertiary/aromatic N) is 2. The Labute approximate surface area is 191 Å². The predicted molar refractivity (Wildman–Crippen MR) is 135 cm³/mol. The standard InChI is InChI=1S/C30H28N2/c1-22-5-15-27(16-6-22)32(28-17-7-23(2)8-18-28)29-19-11-25(12-20-29)24-9-13-26(14-10-24)30(3,4)21-31/h5-20H,1-4H3. The summed E-state index contributed by atoms with van der Waals surface area (Å²) in [6.45, 7) is 8.11. The highest BCUT2D eigenvalue weighted by Gasteiger charge is 2.19. The van der Waals surface area contributed by atoms with Gasteiger partial charge in [-0.15, -0.1) is 0 Å². The van der Waals surface area contributed by atoms with E-state index in [4.69, 9.17) is 0 Å². The van der Waals surface area contributed by atoms with Crippen molar-refractivity contribution < 1.29 is 0 Å². The van der Waals surface area contributed by atoms with E-state index < -0.39 is 5.41 Å². The lowest BCUT2D eigenvalue weighted by atomic mass is 9.85. The average Bonchev–Trinajstić information content (AvgIpc) is 2.82. The maximum atomic E-state index is 9.38. The summed E-state index contributed by atoms with van der Waals surface area (Å²) in [4.78, 5) is 2.28. The van der Waals surface area contributed by atoms with E-state index in [1.807, 2.05) is 13.8 Å². The molecule has 32 heavy (non-hydrogen) atoms. The molecule has 0 heterocycles. The minimum absolute atomic E-state index is 0.481. The summed E-state index contributed by atoms with van der Waals surface area (Å²) in [5.41, 5.74) is 8.73. The van der Waals surface area contributed by atoms with Crippen LogP contribution in [0.25, 0.3) is 11.1 Å². The molecule has 0 unspecified atom stereocenters. The van der Waals surface area contributed by atoms with Crippen molar-refractivity contribution >= 4 is 17.1 Å². The van der Waals surface area contributed by atoms with Gasteiger partial charge in [-0.3, -0.25) is 0 Å². The number of benzene rings is 4. The molecule has 2 heteroatoms. The highest BCUT2D eigenvalue weighted by Crippen LogP contribution is 2.36. The Hall–Kier alpha value is -3.83. The van der Waals surface area contributed by atoms with Gasteiger partial charge in [-0.2, -0.15) is 5.26 Å². The van der Waals surface area contributed by atoms with Crippen molar-refractivity contribution in [1.82, 2.24) is 0 Å². The van der Waals surface area contributed by atoms with Crippen molar-refractivity contribution in [2.45, 2.75) is 33.1 Å². The first-order valence-electron chi connectivity index (χ1n) is 10.9. The van der Waals surface area contributed by atoms with Crippen LogP contribution in [0.5, 0.6) is 0 Å². The highest BCUT2D eigenvalue weighted by molar-refractivity contribution is 5.78. The third-order valence-corrected chi connectivity index (χ3v) is 5.93. The molecule has 0 saturated carbocycles. The molecule has 0 aliphatic carbocycles. The Bertz CT molecular complexity index is 1180. The average molecular weight is 417 g/mol. The summed E-state index contributed by atoms with van der Waals surface area (Å²) in [5, 5.41) is 9.38. The second-order valence-electron chi connectivity index (χ2n) is 8.87. The van der Waals surface area contributed by atoms with Gasteiger partial charge in [0.2, 0.25) is 0 Å². The van der Waals surface area contributed by atoms with Crippen molar-refractivity contribution in [3.63, 3.8) is 0 Å². The van der Waals surface area contributed by atoms with Crippen molar-refractivity contribution in [2.75, 3.05) is 4.90 Å². The SMILES string of the molecule is Cc1ccc(N(c2ccc(C)cc2)c2ccc(-c3ccc(C(C)(C)C#N)cc3)cc2)cc1. The van der Waals surface area contributed by atoms with Gasteiger partial charge < -0.3 is 4.90 Å². The minimum Gasteiger partial charge on any atom is -0.311 e. The molecule has 0 N–H and O–H groups in total. The van der Waals surface area contributed by atoms with Crippen molar-refractivity contribution in [2.24, 2.45) is 0 Å².